The van der Waals surface area contributed by atoms with Crippen LogP contribution in [0.5, 0.6) is 0 Å². The third-order valence-corrected chi connectivity index (χ3v) is 3.17. The first-order valence-electron chi connectivity index (χ1n) is 4.13. The molecule has 0 aromatic carbocycles. The van der Waals surface area contributed by atoms with Crippen LogP contribution < -0.4 is 5.73 Å². The molecule has 0 aromatic rings. The molecule has 64 valence electrons. The van der Waals surface area contributed by atoms with E-state index in [-0.39, 0.29) is 0 Å². The summed E-state index contributed by atoms with van der Waals surface area (Å²) in [4.78, 5) is 0. The fourth-order valence-electron chi connectivity index (χ4n) is 1.43. The van der Waals surface area contributed by atoms with Crippen LogP contribution in [0.4, 0.5) is 0 Å². The van der Waals surface area contributed by atoms with Crippen molar-refractivity contribution in [2.75, 3.05) is 6.54 Å². The summed E-state index contributed by atoms with van der Waals surface area (Å²) in [7, 11) is 0. The maximum absolute atomic E-state index is 5.89. The van der Waals surface area contributed by atoms with Crippen molar-refractivity contribution in [1.82, 2.24) is 3.11 Å². The molecule has 1 aliphatic heterocycles. The lowest BCUT2D eigenvalue weighted by Gasteiger charge is -2.17. The molecule has 3 heteroatoms. The second-order valence-corrected chi connectivity index (χ2v) is 4.13. The standard InChI is InChI=1S/C8H15IN2/c1-2-4-7(10)8-5-3-6-11(8)9/h4,8H,2-3,5-6,10H2,1H3/t8-/m1/s1. The first kappa shape index (κ1) is 9.32. The molecule has 0 saturated carbocycles. The van der Waals surface area contributed by atoms with Gasteiger partial charge in [0.2, 0.25) is 0 Å². The topological polar surface area (TPSA) is 29.3 Å². The molecule has 1 saturated heterocycles. The van der Waals surface area contributed by atoms with Gasteiger partial charge < -0.3 is 5.73 Å². The van der Waals surface area contributed by atoms with Crippen LogP contribution in [0.15, 0.2) is 11.8 Å². The number of halogens is 1. The summed E-state index contributed by atoms with van der Waals surface area (Å²) in [6.45, 7) is 3.31. The molecule has 0 aliphatic carbocycles. The van der Waals surface area contributed by atoms with Gasteiger partial charge in [0.05, 0.1) is 6.04 Å². The molecule has 0 spiro atoms. The molecule has 1 heterocycles. The largest absolute Gasteiger partial charge is 0.401 e. The lowest BCUT2D eigenvalue weighted by Crippen LogP contribution is -2.25. The number of hydrogen-bond donors (Lipinski definition) is 1. The van der Waals surface area contributed by atoms with Gasteiger partial charge in [0.15, 0.2) is 0 Å². The van der Waals surface area contributed by atoms with Crippen molar-refractivity contribution in [2.24, 2.45) is 5.73 Å². The van der Waals surface area contributed by atoms with Crippen LogP contribution in [0.25, 0.3) is 0 Å². The van der Waals surface area contributed by atoms with Crippen molar-refractivity contribution in [3.63, 3.8) is 0 Å². The van der Waals surface area contributed by atoms with E-state index < -0.39 is 0 Å². The van der Waals surface area contributed by atoms with Gasteiger partial charge in [-0.3, -0.25) is 0 Å². The number of hydrogen-bond acceptors (Lipinski definition) is 2. The zero-order chi connectivity index (χ0) is 8.27. The number of allylic oxidation sites excluding steroid dienone is 1. The van der Waals surface area contributed by atoms with Gasteiger partial charge in [-0.1, -0.05) is 13.0 Å². The van der Waals surface area contributed by atoms with Crippen molar-refractivity contribution in [1.29, 1.82) is 0 Å². The monoisotopic (exact) mass is 266 g/mol. The van der Waals surface area contributed by atoms with E-state index in [0.717, 1.165) is 12.1 Å². The van der Waals surface area contributed by atoms with Gasteiger partial charge in [-0.05, 0) is 19.3 Å². The van der Waals surface area contributed by atoms with Crippen LogP contribution in [0.1, 0.15) is 26.2 Å². The zero-order valence-corrected chi connectivity index (χ0v) is 9.04. The predicted octanol–water partition coefficient (Wildman–Crippen LogP) is 2.05. The molecule has 2 nitrogen and oxygen atoms in total. The summed E-state index contributed by atoms with van der Waals surface area (Å²) in [6, 6.07) is 0.510. The van der Waals surface area contributed by atoms with E-state index in [4.69, 9.17) is 5.73 Å². The third kappa shape index (κ3) is 2.33. The smallest absolute Gasteiger partial charge is 0.0585 e. The van der Waals surface area contributed by atoms with Gasteiger partial charge in [-0.25, -0.2) is 3.11 Å². The quantitative estimate of drug-likeness (QED) is 0.612. The summed E-state index contributed by atoms with van der Waals surface area (Å²) in [6.07, 6.45) is 5.69. The van der Waals surface area contributed by atoms with Crippen molar-refractivity contribution in [3.8, 4) is 0 Å². The van der Waals surface area contributed by atoms with E-state index in [2.05, 4.69) is 39.0 Å². The first-order chi connectivity index (χ1) is 5.25. The van der Waals surface area contributed by atoms with Gasteiger partial charge in [-0.2, -0.15) is 0 Å². The van der Waals surface area contributed by atoms with Gasteiger partial charge in [0.25, 0.3) is 0 Å². The van der Waals surface area contributed by atoms with Crippen molar-refractivity contribution >= 4 is 22.9 Å². The molecular weight excluding hydrogens is 251 g/mol. The van der Waals surface area contributed by atoms with Crippen LogP contribution in [-0.2, 0) is 0 Å². The summed E-state index contributed by atoms with van der Waals surface area (Å²) in [5.74, 6) is 0. The number of nitrogens with two attached hydrogens (primary N) is 1. The molecule has 0 radical (unpaired) electrons. The number of nitrogens with zero attached hydrogens (tertiary/aromatic N) is 1. The lowest BCUT2D eigenvalue weighted by molar-refractivity contribution is 0.519. The lowest BCUT2D eigenvalue weighted by atomic mass is 10.1. The average Bonchev–Trinajstić information content (AvgIpc) is 2.36. The van der Waals surface area contributed by atoms with Gasteiger partial charge in [-0.15, -0.1) is 0 Å². The molecule has 0 amide bonds. The Kier molecular flexibility index (Phi) is 3.65. The fraction of sp³-hybridized carbons (Fsp3) is 0.750. The molecule has 0 aromatic heterocycles. The van der Waals surface area contributed by atoms with E-state index >= 15 is 0 Å². The Balaban J connectivity index is 2.52. The molecule has 1 rings (SSSR count). The molecule has 1 aliphatic rings. The van der Waals surface area contributed by atoms with Gasteiger partial charge in [0.1, 0.15) is 0 Å². The van der Waals surface area contributed by atoms with Crippen molar-refractivity contribution in [3.05, 3.63) is 11.8 Å². The summed E-state index contributed by atoms with van der Waals surface area (Å²) >= 11 is 2.36. The van der Waals surface area contributed by atoms with E-state index in [9.17, 15) is 0 Å². The summed E-state index contributed by atoms with van der Waals surface area (Å²) < 4.78 is 2.30. The van der Waals surface area contributed by atoms with Crippen LogP contribution in [0, 0.1) is 0 Å². The van der Waals surface area contributed by atoms with E-state index in [1.807, 2.05) is 0 Å². The Morgan fingerprint density at radius 2 is 2.55 bits per heavy atom. The number of rotatable bonds is 2. The summed E-state index contributed by atoms with van der Waals surface area (Å²) in [5, 5.41) is 0. The Labute approximate surface area is 82.3 Å². The SMILES string of the molecule is CCC=C(N)[C@H]1CCCN1I. The van der Waals surface area contributed by atoms with Gasteiger partial charge in [0, 0.05) is 35.1 Å². The van der Waals surface area contributed by atoms with E-state index in [0.29, 0.717) is 6.04 Å². The molecule has 2 N–H and O–H groups in total. The van der Waals surface area contributed by atoms with E-state index in [1.165, 1.54) is 19.4 Å². The zero-order valence-electron chi connectivity index (χ0n) is 6.89. The first-order valence-corrected chi connectivity index (χ1v) is 5.10. The molecule has 11 heavy (non-hydrogen) atoms. The highest BCUT2D eigenvalue weighted by molar-refractivity contribution is 14.1. The normalized spacial score (nSPS) is 27.8. The third-order valence-electron chi connectivity index (χ3n) is 2.01. The maximum Gasteiger partial charge on any atom is 0.0585 e. The molecule has 0 unspecified atom stereocenters. The van der Waals surface area contributed by atoms with Crippen LogP contribution in [0.2, 0.25) is 0 Å². The minimum absolute atomic E-state index is 0.510. The highest BCUT2D eigenvalue weighted by Gasteiger charge is 2.23. The average molecular weight is 266 g/mol. The van der Waals surface area contributed by atoms with Crippen LogP contribution >= 0.6 is 22.9 Å². The Morgan fingerprint density at radius 3 is 3.00 bits per heavy atom. The van der Waals surface area contributed by atoms with Gasteiger partial charge >= 0.3 is 0 Å². The second-order valence-electron chi connectivity index (χ2n) is 2.89. The molecular formula is C8H15IN2. The second kappa shape index (κ2) is 4.30. The highest BCUT2D eigenvalue weighted by atomic mass is 127. The Bertz CT molecular complexity index is 156. The Morgan fingerprint density at radius 1 is 1.82 bits per heavy atom. The maximum atomic E-state index is 5.89. The summed E-state index contributed by atoms with van der Waals surface area (Å²) in [5.41, 5.74) is 6.95. The molecule has 1 fully saturated rings. The minimum Gasteiger partial charge on any atom is -0.401 e. The van der Waals surface area contributed by atoms with Crippen molar-refractivity contribution < 1.29 is 0 Å². The fourth-order valence-corrected chi connectivity index (χ4v) is 2.37. The van der Waals surface area contributed by atoms with Crippen molar-refractivity contribution in [2.45, 2.75) is 32.2 Å². The molecule has 1 atom stereocenters. The molecule has 0 bridgehead atoms. The Hall–Kier alpha value is 0.230. The van der Waals surface area contributed by atoms with Crippen LogP contribution in [-0.4, -0.2) is 15.7 Å². The van der Waals surface area contributed by atoms with Crippen LogP contribution in [0.3, 0.4) is 0 Å². The highest BCUT2D eigenvalue weighted by Crippen LogP contribution is 2.24. The predicted molar refractivity (Wildman–Crippen MR) is 56.3 cm³/mol. The minimum atomic E-state index is 0.510. The van der Waals surface area contributed by atoms with E-state index in [1.54, 1.807) is 0 Å².